The second-order valence-electron chi connectivity index (χ2n) is 3.29. The molecule has 0 aromatic carbocycles. The summed E-state index contributed by atoms with van der Waals surface area (Å²) in [6.07, 6.45) is 2.01. The van der Waals surface area contributed by atoms with Gasteiger partial charge in [0.25, 0.3) is 0 Å². The van der Waals surface area contributed by atoms with Crippen LogP contribution >= 0.6 is 0 Å². The smallest absolute Gasteiger partial charge is 0.336 e. The average molecular weight is 181 g/mol. The molecule has 0 amide bonds. The van der Waals surface area contributed by atoms with Crippen LogP contribution in [0.15, 0.2) is 23.0 Å². The van der Waals surface area contributed by atoms with Gasteiger partial charge >= 0.3 is 5.97 Å². The fourth-order valence-corrected chi connectivity index (χ4v) is 1.65. The number of methoxy groups -OCH3 is 1. The Morgan fingerprint density at radius 3 is 2.62 bits per heavy atom. The molecule has 0 saturated carbocycles. The first-order valence-electron chi connectivity index (χ1n) is 4.30. The van der Waals surface area contributed by atoms with Crippen LogP contribution in [0.1, 0.15) is 20.8 Å². The normalized spacial score (nSPS) is 22.2. The molecule has 1 rings (SSSR count). The van der Waals surface area contributed by atoms with E-state index in [0.29, 0.717) is 5.57 Å². The van der Waals surface area contributed by atoms with Crippen LogP contribution in [-0.4, -0.2) is 13.1 Å². The van der Waals surface area contributed by atoms with Gasteiger partial charge in [0.05, 0.1) is 12.7 Å². The summed E-state index contributed by atoms with van der Waals surface area (Å²) in [7, 11) is 1.40. The van der Waals surface area contributed by atoms with E-state index >= 15 is 0 Å². The first-order chi connectivity index (χ1) is 6.06. The van der Waals surface area contributed by atoms with Gasteiger partial charge in [0, 0.05) is 17.3 Å². The Bertz CT molecular complexity index is 289. The molecule has 0 aromatic rings. The van der Waals surface area contributed by atoms with Crippen LogP contribution in [0.2, 0.25) is 0 Å². The van der Waals surface area contributed by atoms with Crippen LogP contribution in [0.25, 0.3) is 0 Å². The van der Waals surface area contributed by atoms with Crippen molar-refractivity contribution in [2.24, 2.45) is 5.92 Å². The van der Waals surface area contributed by atoms with Gasteiger partial charge in [-0.2, -0.15) is 0 Å². The molecule has 0 saturated heterocycles. The maximum atomic E-state index is 11.3. The SMILES string of the molecule is COC(=O)C1=C(C)NC(C)=CC1C. The van der Waals surface area contributed by atoms with Gasteiger partial charge in [-0.05, 0) is 13.8 Å². The highest BCUT2D eigenvalue weighted by Crippen LogP contribution is 2.22. The van der Waals surface area contributed by atoms with E-state index in [2.05, 4.69) is 5.32 Å². The lowest BCUT2D eigenvalue weighted by Crippen LogP contribution is -2.24. The molecule has 0 aromatic heterocycles. The molecule has 1 aliphatic heterocycles. The maximum absolute atomic E-state index is 11.3. The third-order valence-corrected chi connectivity index (χ3v) is 2.15. The number of nitrogens with one attached hydrogen (secondary N) is 1. The molecule has 0 fully saturated rings. The van der Waals surface area contributed by atoms with Gasteiger partial charge in [0.15, 0.2) is 0 Å². The number of allylic oxidation sites excluding steroid dienone is 3. The van der Waals surface area contributed by atoms with Crippen molar-refractivity contribution >= 4 is 5.97 Å². The lowest BCUT2D eigenvalue weighted by Gasteiger charge is -2.21. The lowest BCUT2D eigenvalue weighted by atomic mass is 9.95. The maximum Gasteiger partial charge on any atom is 0.336 e. The summed E-state index contributed by atoms with van der Waals surface area (Å²) >= 11 is 0. The highest BCUT2D eigenvalue weighted by atomic mass is 16.5. The average Bonchev–Trinajstić information content (AvgIpc) is 2.02. The summed E-state index contributed by atoms with van der Waals surface area (Å²) in [5.41, 5.74) is 2.69. The first kappa shape index (κ1) is 9.84. The third kappa shape index (κ3) is 1.91. The fourth-order valence-electron chi connectivity index (χ4n) is 1.65. The minimum absolute atomic E-state index is 0.133. The Hall–Kier alpha value is -1.25. The van der Waals surface area contributed by atoms with E-state index in [1.54, 1.807) is 0 Å². The number of rotatable bonds is 1. The van der Waals surface area contributed by atoms with Gasteiger partial charge in [-0.3, -0.25) is 0 Å². The Morgan fingerprint density at radius 1 is 1.54 bits per heavy atom. The van der Waals surface area contributed by atoms with Crippen molar-refractivity contribution in [2.75, 3.05) is 7.11 Å². The van der Waals surface area contributed by atoms with Crippen molar-refractivity contribution in [3.05, 3.63) is 23.0 Å². The molecule has 3 nitrogen and oxygen atoms in total. The summed E-state index contributed by atoms with van der Waals surface area (Å²) in [6.45, 7) is 5.85. The van der Waals surface area contributed by atoms with E-state index in [-0.39, 0.29) is 11.9 Å². The minimum Gasteiger partial charge on any atom is -0.466 e. The second kappa shape index (κ2) is 3.64. The number of hydrogen-bond acceptors (Lipinski definition) is 3. The molecule has 1 aliphatic rings. The van der Waals surface area contributed by atoms with Gasteiger partial charge in [-0.25, -0.2) is 4.79 Å². The number of esters is 1. The summed E-state index contributed by atoms with van der Waals surface area (Å²) in [6, 6.07) is 0. The zero-order chi connectivity index (χ0) is 10.0. The van der Waals surface area contributed by atoms with Crippen molar-refractivity contribution < 1.29 is 9.53 Å². The largest absolute Gasteiger partial charge is 0.466 e. The Kier molecular flexibility index (Phi) is 2.76. The Balaban J connectivity index is 2.96. The third-order valence-electron chi connectivity index (χ3n) is 2.15. The summed E-state index contributed by atoms with van der Waals surface area (Å²) < 4.78 is 4.70. The lowest BCUT2D eigenvalue weighted by molar-refractivity contribution is -0.136. The predicted octanol–water partition coefficient (Wildman–Crippen LogP) is 1.58. The molecule has 1 N–H and O–H groups in total. The van der Waals surface area contributed by atoms with Crippen LogP contribution in [-0.2, 0) is 9.53 Å². The van der Waals surface area contributed by atoms with E-state index in [9.17, 15) is 4.79 Å². The van der Waals surface area contributed by atoms with E-state index in [4.69, 9.17) is 4.74 Å². The number of hydrogen-bond donors (Lipinski definition) is 1. The molecule has 1 unspecified atom stereocenters. The quantitative estimate of drug-likeness (QED) is 0.624. The van der Waals surface area contributed by atoms with Crippen LogP contribution in [0.3, 0.4) is 0 Å². The number of carbonyl (C=O) groups is 1. The highest BCUT2D eigenvalue weighted by Gasteiger charge is 2.22. The van der Waals surface area contributed by atoms with Crippen LogP contribution in [0, 0.1) is 5.92 Å². The highest BCUT2D eigenvalue weighted by molar-refractivity contribution is 5.90. The first-order valence-corrected chi connectivity index (χ1v) is 4.30. The topological polar surface area (TPSA) is 38.3 Å². The molecule has 0 radical (unpaired) electrons. The second-order valence-corrected chi connectivity index (χ2v) is 3.29. The molecule has 1 heterocycles. The fraction of sp³-hybridized carbons (Fsp3) is 0.500. The molecular weight excluding hydrogens is 166 g/mol. The van der Waals surface area contributed by atoms with Crippen molar-refractivity contribution in [1.82, 2.24) is 5.32 Å². The molecule has 0 aliphatic carbocycles. The molecule has 0 spiro atoms. The van der Waals surface area contributed by atoms with Crippen molar-refractivity contribution in [2.45, 2.75) is 20.8 Å². The zero-order valence-electron chi connectivity index (χ0n) is 8.47. The molecule has 72 valence electrons. The van der Waals surface area contributed by atoms with E-state index in [1.807, 2.05) is 26.8 Å². The molecule has 13 heavy (non-hydrogen) atoms. The Labute approximate surface area is 78.5 Å². The van der Waals surface area contributed by atoms with Gasteiger partial charge < -0.3 is 10.1 Å². The van der Waals surface area contributed by atoms with Gasteiger partial charge in [-0.1, -0.05) is 13.0 Å². The molecule has 1 atom stereocenters. The van der Waals surface area contributed by atoms with Crippen molar-refractivity contribution in [1.29, 1.82) is 0 Å². The monoisotopic (exact) mass is 181 g/mol. The molecule has 0 bridgehead atoms. The van der Waals surface area contributed by atoms with E-state index in [0.717, 1.165) is 11.4 Å². The van der Waals surface area contributed by atoms with Crippen LogP contribution in [0.5, 0.6) is 0 Å². The zero-order valence-corrected chi connectivity index (χ0v) is 8.47. The van der Waals surface area contributed by atoms with E-state index < -0.39 is 0 Å². The minimum atomic E-state index is -0.249. The number of ether oxygens (including phenoxy) is 1. The standard InChI is InChI=1S/C10H15NO2/c1-6-5-7(2)11-8(3)9(6)10(12)13-4/h5-6,11H,1-4H3. The summed E-state index contributed by atoms with van der Waals surface area (Å²) in [4.78, 5) is 11.3. The van der Waals surface area contributed by atoms with E-state index in [1.165, 1.54) is 7.11 Å². The summed E-state index contributed by atoms with van der Waals surface area (Å²) in [5.74, 6) is -0.116. The van der Waals surface area contributed by atoms with Crippen molar-refractivity contribution in [3.8, 4) is 0 Å². The predicted molar refractivity (Wildman–Crippen MR) is 50.8 cm³/mol. The molecule has 3 heteroatoms. The summed E-state index contributed by atoms with van der Waals surface area (Å²) in [5, 5.41) is 3.11. The van der Waals surface area contributed by atoms with Crippen molar-refractivity contribution in [3.63, 3.8) is 0 Å². The molecular formula is C10H15NO2. The van der Waals surface area contributed by atoms with Gasteiger partial charge in [0.2, 0.25) is 0 Å². The number of carbonyl (C=O) groups excluding carboxylic acids is 1. The van der Waals surface area contributed by atoms with Crippen LogP contribution in [0.4, 0.5) is 0 Å². The van der Waals surface area contributed by atoms with Gasteiger partial charge in [-0.15, -0.1) is 0 Å². The van der Waals surface area contributed by atoms with Crippen LogP contribution < -0.4 is 5.32 Å². The number of dihydropyridines is 1. The Morgan fingerprint density at radius 2 is 2.15 bits per heavy atom. The van der Waals surface area contributed by atoms with Gasteiger partial charge in [0.1, 0.15) is 0 Å².